The lowest BCUT2D eigenvalue weighted by Crippen LogP contribution is -2.43. The molecule has 0 saturated heterocycles. The zero-order valence-corrected chi connectivity index (χ0v) is 10.2. The highest BCUT2D eigenvalue weighted by Crippen LogP contribution is 2.27. The van der Waals surface area contributed by atoms with Crippen LogP contribution in [-0.4, -0.2) is 12.1 Å². The normalized spacial score (nSPS) is 30.2. The highest BCUT2D eigenvalue weighted by molar-refractivity contribution is 4.81. The Labute approximate surface area is 89.7 Å². The van der Waals surface area contributed by atoms with Crippen LogP contribution < -0.4 is 5.32 Å². The van der Waals surface area contributed by atoms with Crippen molar-refractivity contribution in [1.82, 2.24) is 5.32 Å². The Morgan fingerprint density at radius 3 is 2.57 bits per heavy atom. The molecule has 0 aromatic carbocycles. The van der Waals surface area contributed by atoms with E-state index in [0.29, 0.717) is 0 Å². The first-order valence-electron chi connectivity index (χ1n) is 6.54. The standard InChI is InChI=1S/C13H27N/c1-4-8-11(3)14-13-10-7-6-9-12(13)5-2/h11-14H,4-10H2,1-3H3. The minimum atomic E-state index is 0.720. The van der Waals surface area contributed by atoms with Crippen LogP contribution in [0.2, 0.25) is 0 Å². The van der Waals surface area contributed by atoms with Gasteiger partial charge in [0.25, 0.3) is 0 Å². The summed E-state index contributed by atoms with van der Waals surface area (Å²) >= 11 is 0. The van der Waals surface area contributed by atoms with Gasteiger partial charge in [-0.2, -0.15) is 0 Å². The maximum Gasteiger partial charge on any atom is 0.00976 e. The molecular formula is C13H27N. The van der Waals surface area contributed by atoms with Crippen LogP contribution in [0.3, 0.4) is 0 Å². The van der Waals surface area contributed by atoms with Crippen LogP contribution in [0.25, 0.3) is 0 Å². The van der Waals surface area contributed by atoms with Gasteiger partial charge in [0.15, 0.2) is 0 Å². The van der Waals surface area contributed by atoms with Crippen molar-refractivity contribution in [2.75, 3.05) is 0 Å². The monoisotopic (exact) mass is 197 g/mol. The number of hydrogen-bond donors (Lipinski definition) is 1. The van der Waals surface area contributed by atoms with Gasteiger partial charge < -0.3 is 5.32 Å². The topological polar surface area (TPSA) is 12.0 Å². The fourth-order valence-electron chi connectivity index (χ4n) is 2.80. The smallest absolute Gasteiger partial charge is 0.00976 e. The fraction of sp³-hybridized carbons (Fsp3) is 1.00. The summed E-state index contributed by atoms with van der Waals surface area (Å²) in [5.41, 5.74) is 0. The Morgan fingerprint density at radius 1 is 1.21 bits per heavy atom. The zero-order chi connectivity index (χ0) is 10.4. The first-order valence-corrected chi connectivity index (χ1v) is 6.54. The summed E-state index contributed by atoms with van der Waals surface area (Å²) in [5.74, 6) is 0.947. The lowest BCUT2D eigenvalue weighted by molar-refractivity contribution is 0.236. The van der Waals surface area contributed by atoms with E-state index in [1.54, 1.807) is 0 Å². The maximum absolute atomic E-state index is 3.82. The summed E-state index contributed by atoms with van der Waals surface area (Å²) in [6.07, 6.45) is 9.74. The van der Waals surface area contributed by atoms with Crippen LogP contribution in [0.1, 0.15) is 65.7 Å². The van der Waals surface area contributed by atoms with E-state index in [1.165, 1.54) is 44.9 Å². The third-order valence-corrected chi connectivity index (χ3v) is 3.65. The van der Waals surface area contributed by atoms with Crippen LogP contribution in [0.5, 0.6) is 0 Å². The van der Waals surface area contributed by atoms with E-state index in [1.807, 2.05) is 0 Å². The van der Waals surface area contributed by atoms with Crippen LogP contribution in [0.4, 0.5) is 0 Å². The molecule has 1 N–H and O–H groups in total. The Kier molecular flexibility index (Phi) is 5.54. The summed E-state index contributed by atoms with van der Waals surface area (Å²) in [6, 6.07) is 1.53. The van der Waals surface area contributed by atoms with Crippen LogP contribution in [0, 0.1) is 5.92 Å². The Balaban J connectivity index is 2.32. The highest BCUT2D eigenvalue weighted by atomic mass is 14.9. The molecule has 1 nitrogen and oxygen atoms in total. The lowest BCUT2D eigenvalue weighted by Gasteiger charge is -2.34. The summed E-state index contributed by atoms with van der Waals surface area (Å²) < 4.78 is 0. The molecule has 14 heavy (non-hydrogen) atoms. The third kappa shape index (κ3) is 3.61. The molecule has 3 atom stereocenters. The SMILES string of the molecule is CCCC(C)NC1CCCCC1CC. The lowest BCUT2D eigenvalue weighted by atomic mass is 9.82. The van der Waals surface area contributed by atoms with E-state index < -0.39 is 0 Å². The number of hydrogen-bond acceptors (Lipinski definition) is 1. The first kappa shape index (κ1) is 12.0. The molecule has 0 bridgehead atoms. The van der Waals surface area contributed by atoms with Gasteiger partial charge in [-0.3, -0.25) is 0 Å². The molecule has 1 aliphatic carbocycles. The number of rotatable bonds is 5. The van der Waals surface area contributed by atoms with Gasteiger partial charge in [0.1, 0.15) is 0 Å². The molecule has 0 aliphatic heterocycles. The predicted octanol–water partition coefficient (Wildman–Crippen LogP) is 3.73. The van der Waals surface area contributed by atoms with Gasteiger partial charge in [-0.1, -0.05) is 39.5 Å². The van der Waals surface area contributed by atoms with Gasteiger partial charge >= 0.3 is 0 Å². The van der Waals surface area contributed by atoms with Gasteiger partial charge in [0, 0.05) is 12.1 Å². The van der Waals surface area contributed by atoms with E-state index in [4.69, 9.17) is 0 Å². The molecule has 1 heteroatoms. The Bertz CT molecular complexity index is 144. The Hall–Kier alpha value is -0.0400. The Morgan fingerprint density at radius 2 is 1.93 bits per heavy atom. The average Bonchev–Trinajstić information content (AvgIpc) is 2.19. The van der Waals surface area contributed by atoms with Crippen LogP contribution >= 0.6 is 0 Å². The van der Waals surface area contributed by atoms with E-state index >= 15 is 0 Å². The third-order valence-electron chi connectivity index (χ3n) is 3.65. The van der Waals surface area contributed by atoms with E-state index in [9.17, 15) is 0 Å². The second-order valence-electron chi connectivity index (χ2n) is 4.92. The van der Waals surface area contributed by atoms with Gasteiger partial charge in [-0.05, 0) is 32.1 Å². The van der Waals surface area contributed by atoms with Crippen molar-refractivity contribution < 1.29 is 0 Å². The maximum atomic E-state index is 3.82. The summed E-state index contributed by atoms with van der Waals surface area (Å²) in [6.45, 7) is 6.95. The van der Waals surface area contributed by atoms with Crippen molar-refractivity contribution in [3.05, 3.63) is 0 Å². The molecule has 0 spiro atoms. The molecule has 84 valence electrons. The van der Waals surface area contributed by atoms with Crippen molar-refractivity contribution in [1.29, 1.82) is 0 Å². The first-order chi connectivity index (χ1) is 6.77. The van der Waals surface area contributed by atoms with Crippen molar-refractivity contribution in [3.8, 4) is 0 Å². The van der Waals surface area contributed by atoms with Crippen LogP contribution in [0.15, 0.2) is 0 Å². The molecule has 3 unspecified atom stereocenters. The largest absolute Gasteiger partial charge is 0.311 e. The minimum absolute atomic E-state index is 0.720. The van der Waals surface area contributed by atoms with Crippen molar-refractivity contribution in [3.63, 3.8) is 0 Å². The fourth-order valence-corrected chi connectivity index (χ4v) is 2.80. The molecule has 1 fully saturated rings. The summed E-state index contributed by atoms with van der Waals surface area (Å²) in [5, 5.41) is 3.82. The molecule has 0 amide bonds. The molecule has 0 radical (unpaired) electrons. The van der Waals surface area contributed by atoms with Crippen molar-refractivity contribution in [2.24, 2.45) is 5.92 Å². The zero-order valence-electron chi connectivity index (χ0n) is 10.2. The minimum Gasteiger partial charge on any atom is -0.311 e. The molecule has 1 saturated carbocycles. The van der Waals surface area contributed by atoms with Crippen LogP contribution in [-0.2, 0) is 0 Å². The summed E-state index contributed by atoms with van der Waals surface area (Å²) in [7, 11) is 0. The van der Waals surface area contributed by atoms with E-state index in [2.05, 4.69) is 26.1 Å². The van der Waals surface area contributed by atoms with Crippen molar-refractivity contribution >= 4 is 0 Å². The second kappa shape index (κ2) is 6.44. The van der Waals surface area contributed by atoms with Crippen molar-refractivity contribution in [2.45, 2.75) is 77.8 Å². The molecule has 0 heterocycles. The highest BCUT2D eigenvalue weighted by Gasteiger charge is 2.24. The predicted molar refractivity (Wildman–Crippen MR) is 63.5 cm³/mol. The molecular weight excluding hydrogens is 170 g/mol. The van der Waals surface area contributed by atoms with Gasteiger partial charge in [0.2, 0.25) is 0 Å². The van der Waals surface area contributed by atoms with E-state index in [-0.39, 0.29) is 0 Å². The van der Waals surface area contributed by atoms with Gasteiger partial charge in [-0.25, -0.2) is 0 Å². The average molecular weight is 197 g/mol. The molecule has 1 aliphatic rings. The second-order valence-corrected chi connectivity index (χ2v) is 4.92. The van der Waals surface area contributed by atoms with E-state index in [0.717, 1.165) is 18.0 Å². The summed E-state index contributed by atoms with van der Waals surface area (Å²) in [4.78, 5) is 0. The van der Waals surface area contributed by atoms with Gasteiger partial charge in [-0.15, -0.1) is 0 Å². The molecule has 0 aromatic heterocycles. The quantitative estimate of drug-likeness (QED) is 0.708. The molecule has 1 rings (SSSR count). The van der Waals surface area contributed by atoms with Gasteiger partial charge in [0.05, 0.1) is 0 Å². The molecule has 0 aromatic rings. The number of nitrogens with one attached hydrogen (secondary N) is 1.